The lowest BCUT2D eigenvalue weighted by Crippen LogP contribution is -2.38. The van der Waals surface area contributed by atoms with Gasteiger partial charge in [-0.2, -0.15) is 0 Å². The Morgan fingerprint density at radius 3 is 1.76 bits per heavy atom. The van der Waals surface area contributed by atoms with Gasteiger partial charge < -0.3 is 10.2 Å². The van der Waals surface area contributed by atoms with E-state index in [-0.39, 0.29) is 6.61 Å². The van der Waals surface area contributed by atoms with Crippen molar-refractivity contribution in [2.24, 2.45) is 0 Å². The van der Waals surface area contributed by atoms with Crippen LogP contribution in [0.25, 0.3) is 0 Å². The molecule has 0 spiro atoms. The molecule has 21 heavy (non-hydrogen) atoms. The van der Waals surface area contributed by atoms with Crippen LogP contribution in [0.1, 0.15) is 37.3 Å². The zero-order chi connectivity index (χ0) is 15.1. The average Bonchev–Trinajstić information content (AvgIpc) is 2.56. The van der Waals surface area contributed by atoms with E-state index in [9.17, 15) is 5.11 Å². The van der Waals surface area contributed by atoms with Crippen LogP contribution in [-0.4, -0.2) is 22.9 Å². The SMILES string of the molecule is CC(c1ccccc1)(c1ccccc1)C(O)CCCCO. The molecular weight excluding hydrogens is 260 g/mol. The molecule has 0 saturated heterocycles. The highest BCUT2D eigenvalue weighted by atomic mass is 16.3. The van der Waals surface area contributed by atoms with Crippen molar-refractivity contribution >= 4 is 0 Å². The fraction of sp³-hybridized carbons (Fsp3) is 0.368. The van der Waals surface area contributed by atoms with Gasteiger partial charge in [-0.3, -0.25) is 0 Å². The molecule has 0 aliphatic carbocycles. The van der Waals surface area contributed by atoms with E-state index in [1.165, 1.54) is 0 Å². The highest BCUT2D eigenvalue weighted by molar-refractivity contribution is 5.39. The predicted molar refractivity (Wildman–Crippen MR) is 86.3 cm³/mol. The van der Waals surface area contributed by atoms with Crippen molar-refractivity contribution in [3.05, 3.63) is 71.8 Å². The lowest BCUT2D eigenvalue weighted by atomic mass is 9.70. The van der Waals surface area contributed by atoms with E-state index in [0.717, 1.165) is 24.0 Å². The first-order chi connectivity index (χ1) is 10.2. The van der Waals surface area contributed by atoms with Crippen LogP contribution in [-0.2, 0) is 5.41 Å². The monoisotopic (exact) mass is 284 g/mol. The minimum atomic E-state index is -0.478. The van der Waals surface area contributed by atoms with Crippen molar-refractivity contribution in [3.8, 4) is 0 Å². The summed E-state index contributed by atoms with van der Waals surface area (Å²) in [6.07, 6.45) is 1.76. The van der Waals surface area contributed by atoms with Gasteiger partial charge >= 0.3 is 0 Å². The zero-order valence-electron chi connectivity index (χ0n) is 12.6. The van der Waals surface area contributed by atoms with E-state index >= 15 is 0 Å². The van der Waals surface area contributed by atoms with Gasteiger partial charge in [0.25, 0.3) is 0 Å². The van der Waals surface area contributed by atoms with Crippen LogP contribution in [0.15, 0.2) is 60.7 Å². The molecule has 0 aliphatic heterocycles. The molecule has 2 aromatic carbocycles. The molecule has 2 N–H and O–H groups in total. The number of rotatable bonds is 7. The summed E-state index contributed by atoms with van der Waals surface area (Å²) in [7, 11) is 0. The van der Waals surface area contributed by atoms with E-state index < -0.39 is 11.5 Å². The average molecular weight is 284 g/mol. The van der Waals surface area contributed by atoms with Crippen molar-refractivity contribution < 1.29 is 10.2 Å². The van der Waals surface area contributed by atoms with Gasteiger partial charge in [-0.25, -0.2) is 0 Å². The molecule has 1 atom stereocenters. The Morgan fingerprint density at radius 2 is 1.33 bits per heavy atom. The van der Waals surface area contributed by atoms with Gasteiger partial charge in [0.15, 0.2) is 0 Å². The van der Waals surface area contributed by atoms with Gasteiger partial charge in [0, 0.05) is 12.0 Å². The minimum absolute atomic E-state index is 0.181. The standard InChI is InChI=1S/C19H24O2/c1-19(16-10-4-2-5-11-16,17-12-6-3-7-13-17)18(21)14-8-9-15-20/h2-7,10-13,18,20-21H,8-9,14-15H2,1H3. The first-order valence-electron chi connectivity index (χ1n) is 7.59. The Kier molecular flexibility index (Phi) is 5.54. The van der Waals surface area contributed by atoms with Gasteiger partial charge in [-0.05, 0) is 37.3 Å². The molecule has 0 aromatic heterocycles. The van der Waals surface area contributed by atoms with Crippen LogP contribution in [0.2, 0.25) is 0 Å². The van der Waals surface area contributed by atoms with E-state index in [1.807, 2.05) is 36.4 Å². The van der Waals surface area contributed by atoms with Gasteiger partial charge in [0.05, 0.1) is 6.10 Å². The summed E-state index contributed by atoms with van der Waals surface area (Å²) in [6.45, 7) is 2.28. The fourth-order valence-electron chi connectivity index (χ4n) is 2.86. The molecule has 0 radical (unpaired) electrons. The highest BCUT2D eigenvalue weighted by Gasteiger charge is 2.36. The molecule has 1 unspecified atom stereocenters. The van der Waals surface area contributed by atoms with Crippen molar-refractivity contribution in [2.45, 2.75) is 37.7 Å². The lowest BCUT2D eigenvalue weighted by molar-refractivity contribution is 0.0973. The summed E-state index contributed by atoms with van der Waals surface area (Å²) in [6, 6.07) is 20.3. The van der Waals surface area contributed by atoms with Crippen LogP contribution >= 0.6 is 0 Å². The van der Waals surface area contributed by atoms with Crippen molar-refractivity contribution in [1.29, 1.82) is 0 Å². The molecule has 0 heterocycles. The zero-order valence-corrected chi connectivity index (χ0v) is 12.6. The summed E-state index contributed by atoms with van der Waals surface area (Å²) in [5.74, 6) is 0. The summed E-state index contributed by atoms with van der Waals surface area (Å²) in [5, 5.41) is 19.8. The first-order valence-corrected chi connectivity index (χ1v) is 7.59. The summed E-state index contributed by atoms with van der Waals surface area (Å²) in [5.41, 5.74) is 1.80. The Hall–Kier alpha value is -1.64. The largest absolute Gasteiger partial charge is 0.396 e. The minimum Gasteiger partial charge on any atom is -0.396 e. The normalized spacial score (nSPS) is 13.1. The quantitative estimate of drug-likeness (QED) is 0.764. The number of aliphatic hydroxyl groups is 2. The Labute approximate surface area is 127 Å². The van der Waals surface area contributed by atoms with E-state index in [2.05, 4.69) is 31.2 Å². The first kappa shape index (κ1) is 15.7. The van der Waals surface area contributed by atoms with Gasteiger partial charge in [-0.1, -0.05) is 60.7 Å². The number of hydrogen-bond acceptors (Lipinski definition) is 2. The summed E-state index contributed by atoms with van der Waals surface area (Å²) >= 11 is 0. The molecule has 2 rings (SSSR count). The van der Waals surface area contributed by atoms with Gasteiger partial charge in [0.1, 0.15) is 0 Å². The van der Waals surface area contributed by atoms with E-state index in [0.29, 0.717) is 6.42 Å². The number of unbranched alkanes of at least 4 members (excludes halogenated alkanes) is 1. The van der Waals surface area contributed by atoms with E-state index in [4.69, 9.17) is 5.11 Å². The second-order valence-electron chi connectivity index (χ2n) is 5.67. The summed E-state index contributed by atoms with van der Waals surface area (Å²) in [4.78, 5) is 0. The molecular formula is C19H24O2. The maximum atomic E-state index is 10.8. The maximum absolute atomic E-state index is 10.8. The van der Waals surface area contributed by atoms with Crippen molar-refractivity contribution in [2.75, 3.05) is 6.61 Å². The number of hydrogen-bond donors (Lipinski definition) is 2. The Bertz CT molecular complexity index is 482. The maximum Gasteiger partial charge on any atom is 0.0674 e. The van der Waals surface area contributed by atoms with Crippen LogP contribution < -0.4 is 0 Å². The molecule has 0 fully saturated rings. The molecule has 2 nitrogen and oxygen atoms in total. The number of aliphatic hydroxyl groups excluding tert-OH is 2. The third-order valence-electron chi connectivity index (χ3n) is 4.30. The molecule has 0 aliphatic rings. The Morgan fingerprint density at radius 1 is 0.857 bits per heavy atom. The highest BCUT2D eigenvalue weighted by Crippen LogP contribution is 2.37. The molecule has 2 aromatic rings. The topological polar surface area (TPSA) is 40.5 Å². The van der Waals surface area contributed by atoms with Gasteiger partial charge in [0.2, 0.25) is 0 Å². The molecule has 2 heteroatoms. The van der Waals surface area contributed by atoms with Crippen molar-refractivity contribution in [3.63, 3.8) is 0 Å². The smallest absolute Gasteiger partial charge is 0.0674 e. The van der Waals surface area contributed by atoms with Crippen LogP contribution in [0, 0.1) is 0 Å². The number of benzene rings is 2. The van der Waals surface area contributed by atoms with Crippen LogP contribution in [0.4, 0.5) is 0 Å². The predicted octanol–water partition coefficient (Wildman–Crippen LogP) is 3.52. The second-order valence-corrected chi connectivity index (χ2v) is 5.67. The van der Waals surface area contributed by atoms with Crippen LogP contribution in [0.3, 0.4) is 0 Å². The molecule has 112 valence electrons. The molecule has 0 saturated carbocycles. The summed E-state index contributed by atoms with van der Waals surface area (Å²) < 4.78 is 0. The third kappa shape index (κ3) is 3.52. The fourth-order valence-corrected chi connectivity index (χ4v) is 2.86. The molecule has 0 bridgehead atoms. The molecule has 0 amide bonds. The van der Waals surface area contributed by atoms with Gasteiger partial charge in [-0.15, -0.1) is 0 Å². The van der Waals surface area contributed by atoms with E-state index in [1.54, 1.807) is 0 Å². The third-order valence-corrected chi connectivity index (χ3v) is 4.30. The van der Waals surface area contributed by atoms with Crippen molar-refractivity contribution in [1.82, 2.24) is 0 Å². The Balaban J connectivity index is 2.35. The lowest BCUT2D eigenvalue weighted by Gasteiger charge is -2.36. The second kappa shape index (κ2) is 7.39. The van der Waals surface area contributed by atoms with Crippen LogP contribution in [0.5, 0.6) is 0 Å².